The van der Waals surface area contributed by atoms with Crippen LogP contribution in [0.3, 0.4) is 0 Å². The first-order chi connectivity index (χ1) is 24.4. The number of phenols is 2. The van der Waals surface area contributed by atoms with E-state index < -0.39 is 59.8 Å². The Bertz CT molecular complexity index is 1650. The normalized spacial score (nSPS) is 17.0. The van der Waals surface area contributed by atoms with E-state index in [1.165, 1.54) is 29.2 Å². The van der Waals surface area contributed by atoms with Crippen LogP contribution in [0.1, 0.15) is 49.8 Å². The second-order valence-electron chi connectivity index (χ2n) is 13.1. The molecule has 0 bridgehead atoms. The van der Waals surface area contributed by atoms with Gasteiger partial charge in [0.1, 0.15) is 35.7 Å². The highest BCUT2D eigenvalue weighted by Gasteiger charge is 2.40. The Balaban J connectivity index is 1.57. The molecule has 0 saturated carbocycles. The summed E-state index contributed by atoms with van der Waals surface area (Å²) in [6.07, 6.45) is 1.59. The predicted octanol–water partition coefficient (Wildman–Crippen LogP) is 2.03. The van der Waals surface area contributed by atoms with E-state index in [1.54, 1.807) is 43.3 Å². The molecule has 1 aliphatic heterocycles. The van der Waals surface area contributed by atoms with Gasteiger partial charge in [0.2, 0.25) is 23.6 Å². The number of nitrogens with zero attached hydrogens (tertiary/aromatic N) is 1. The molecule has 0 aliphatic carbocycles. The third kappa shape index (κ3) is 10.8. The zero-order valence-electron chi connectivity index (χ0n) is 28.8. The molecule has 13 heteroatoms. The van der Waals surface area contributed by atoms with Crippen LogP contribution in [0.25, 0.3) is 0 Å². The Morgan fingerprint density at radius 1 is 0.765 bits per heavy atom. The highest BCUT2D eigenvalue weighted by molar-refractivity contribution is 5.96. The van der Waals surface area contributed by atoms with Crippen LogP contribution in [0, 0.1) is 5.92 Å². The Hall–Kier alpha value is -5.43. The van der Waals surface area contributed by atoms with Gasteiger partial charge in [0.25, 0.3) is 0 Å². The number of aromatic hydroxyl groups is 2. The standard InChI is InChI=1S/C38H47N5O8/c1-3-23(2)33(38(50)51)42-36(48)32-10-7-19-43(32)37(49)31(22-24-8-5-4-6-9-24)41-35(47)30(21-26-13-17-28(45)18-14-26)40-34(46)29(39)20-25-11-15-27(44)16-12-25/h4-6,8-9,11-18,23,29-33,44-45H,3,7,10,19-22,39H2,1-2H3,(H,40,46)(H,41,47)(H,42,48)(H,50,51)/t23-,29-,30-,31-,32-,33-/m0/s1. The van der Waals surface area contributed by atoms with Crippen molar-refractivity contribution in [2.45, 2.75) is 82.6 Å². The smallest absolute Gasteiger partial charge is 0.326 e. The van der Waals surface area contributed by atoms with E-state index in [9.17, 15) is 39.3 Å². The lowest BCUT2D eigenvalue weighted by atomic mass is 9.98. The quantitative estimate of drug-likeness (QED) is 0.116. The van der Waals surface area contributed by atoms with Crippen molar-refractivity contribution in [1.29, 1.82) is 0 Å². The number of carboxylic acid groups (broad SMARTS) is 1. The van der Waals surface area contributed by atoms with E-state index >= 15 is 0 Å². The van der Waals surface area contributed by atoms with Gasteiger partial charge in [-0.05, 0) is 66.1 Å². The van der Waals surface area contributed by atoms with Crippen LogP contribution in [0.15, 0.2) is 78.9 Å². The lowest BCUT2D eigenvalue weighted by Gasteiger charge is -2.31. The molecular formula is C38H47N5O8. The monoisotopic (exact) mass is 701 g/mol. The number of amides is 4. The van der Waals surface area contributed by atoms with E-state index in [0.29, 0.717) is 30.4 Å². The molecule has 1 saturated heterocycles. The van der Waals surface area contributed by atoms with Gasteiger partial charge < -0.3 is 41.9 Å². The average molecular weight is 702 g/mol. The van der Waals surface area contributed by atoms with Crippen LogP contribution in [-0.2, 0) is 43.2 Å². The Morgan fingerprint density at radius 3 is 1.86 bits per heavy atom. The van der Waals surface area contributed by atoms with Gasteiger partial charge in [-0.25, -0.2) is 4.79 Å². The molecule has 4 amide bonds. The average Bonchev–Trinajstić information content (AvgIpc) is 3.62. The molecule has 0 radical (unpaired) electrons. The van der Waals surface area contributed by atoms with Gasteiger partial charge in [-0.15, -0.1) is 0 Å². The van der Waals surface area contributed by atoms with Gasteiger partial charge in [0.15, 0.2) is 0 Å². The number of carboxylic acids is 1. The zero-order chi connectivity index (χ0) is 37.1. The summed E-state index contributed by atoms with van der Waals surface area (Å²) in [6.45, 7) is 3.80. The van der Waals surface area contributed by atoms with Gasteiger partial charge in [0, 0.05) is 19.4 Å². The SMILES string of the molecule is CC[C@H](C)[C@H](NC(=O)[C@@H]1CCCN1C(=O)[C@H](Cc1ccccc1)NC(=O)[C@H](Cc1ccc(O)cc1)NC(=O)[C@@H](N)Cc1ccc(O)cc1)C(=O)O. The molecule has 0 aromatic heterocycles. The summed E-state index contributed by atoms with van der Waals surface area (Å²) in [7, 11) is 0. The van der Waals surface area contributed by atoms with E-state index in [-0.39, 0.29) is 43.2 Å². The summed E-state index contributed by atoms with van der Waals surface area (Å²) < 4.78 is 0. The molecule has 1 aliphatic rings. The minimum Gasteiger partial charge on any atom is -0.508 e. The van der Waals surface area contributed by atoms with Gasteiger partial charge >= 0.3 is 5.97 Å². The maximum atomic E-state index is 14.2. The number of phenolic OH excluding ortho intramolecular Hbond substituents is 2. The van der Waals surface area contributed by atoms with Crippen molar-refractivity contribution in [1.82, 2.24) is 20.9 Å². The molecule has 1 heterocycles. The Kier molecular flexibility index (Phi) is 13.5. The van der Waals surface area contributed by atoms with Crippen molar-refractivity contribution in [3.63, 3.8) is 0 Å². The lowest BCUT2D eigenvalue weighted by Crippen LogP contribution is -2.59. The summed E-state index contributed by atoms with van der Waals surface area (Å²) in [5, 5.41) is 37.3. The van der Waals surface area contributed by atoms with Crippen LogP contribution in [0.5, 0.6) is 11.5 Å². The van der Waals surface area contributed by atoms with E-state index in [2.05, 4.69) is 16.0 Å². The second kappa shape index (κ2) is 18.0. The number of rotatable bonds is 16. The van der Waals surface area contributed by atoms with Gasteiger partial charge in [0.05, 0.1) is 6.04 Å². The highest BCUT2D eigenvalue weighted by atomic mass is 16.4. The van der Waals surface area contributed by atoms with Crippen molar-refractivity contribution in [3.8, 4) is 11.5 Å². The fourth-order valence-corrected chi connectivity index (χ4v) is 6.09. The molecular weight excluding hydrogens is 654 g/mol. The number of hydrogen-bond acceptors (Lipinski definition) is 8. The van der Waals surface area contributed by atoms with Crippen molar-refractivity contribution >= 4 is 29.6 Å². The fourth-order valence-electron chi connectivity index (χ4n) is 6.09. The number of likely N-dealkylation sites (tertiary alicyclic amines) is 1. The van der Waals surface area contributed by atoms with Crippen LogP contribution < -0.4 is 21.7 Å². The fraction of sp³-hybridized carbons (Fsp3) is 0.395. The number of carbonyl (C=O) groups excluding carboxylic acids is 4. The first kappa shape index (κ1) is 38.4. The molecule has 272 valence electrons. The van der Waals surface area contributed by atoms with Gasteiger partial charge in [-0.1, -0.05) is 74.9 Å². The van der Waals surface area contributed by atoms with Crippen LogP contribution >= 0.6 is 0 Å². The molecule has 3 aromatic rings. The van der Waals surface area contributed by atoms with E-state index in [1.807, 2.05) is 25.1 Å². The largest absolute Gasteiger partial charge is 0.508 e. The van der Waals surface area contributed by atoms with Crippen LogP contribution in [0.2, 0.25) is 0 Å². The minimum absolute atomic E-state index is 0.0109. The summed E-state index contributed by atoms with van der Waals surface area (Å²) in [5.74, 6) is -3.76. The van der Waals surface area contributed by atoms with Gasteiger partial charge in [-0.2, -0.15) is 0 Å². The first-order valence-electron chi connectivity index (χ1n) is 17.2. The molecule has 0 spiro atoms. The van der Waals surface area contributed by atoms with E-state index in [4.69, 9.17) is 5.73 Å². The highest BCUT2D eigenvalue weighted by Crippen LogP contribution is 2.21. The number of aliphatic carboxylic acids is 1. The summed E-state index contributed by atoms with van der Waals surface area (Å²) in [6, 6.07) is 16.0. The van der Waals surface area contributed by atoms with Crippen molar-refractivity contribution in [3.05, 3.63) is 95.6 Å². The maximum Gasteiger partial charge on any atom is 0.326 e. The maximum absolute atomic E-state index is 14.2. The molecule has 0 unspecified atom stereocenters. The van der Waals surface area contributed by atoms with Crippen molar-refractivity contribution < 1.29 is 39.3 Å². The lowest BCUT2D eigenvalue weighted by molar-refractivity contribution is -0.146. The number of benzene rings is 3. The van der Waals surface area contributed by atoms with Crippen molar-refractivity contribution in [2.24, 2.45) is 11.7 Å². The second-order valence-corrected chi connectivity index (χ2v) is 13.1. The number of nitrogens with one attached hydrogen (secondary N) is 3. The Labute approximate surface area is 297 Å². The first-order valence-corrected chi connectivity index (χ1v) is 17.2. The third-order valence-corrected chi connectivity index (χ3v) is 9.25. The summed E-state index contributed by atoms with van der Waals surface area (Å²) in [4.78, 5) is 68.4. The van der Waals surface area contributed by atoms with Crippen LogP contribution in [0.4, 0.5) is 0 Å². The van der Waals surface area contributed by atoms with Gasteiger partial charge in [-0.3, -0.25) is 19.2 Å². The molecule has 3 aromatic carbocycles. The zero-order valence-corrected chi connectivity index (χ0v) is 28.8. The molecule has 8 N–H and O–H groups in total. The summed E-state index contributed by atoms with van der Waals surface area (Å²) in [5.41, 5.74) is 8.30. The third-order valence-electron chi connectivity index (χ3n) is 9.25. The molecule has 1 fully saturated rings. The molecule has 51 heavy (non-hydrogen) atoms. The Morgan fingerprint density at radius 2 is 1.29 bits per heavy atom. The van der Waals surface area contributed by atoms with Crippen molar-refractivity contribution in [2.75, 3.05) is 6.54 Å². The topological polar surface area (TPSA) is 211 Å². The summed E-state index contributed by atoms with van der Waals surface area (Å²) >= 11 is 0. The van der Waals surface area contributed by atoms with Crippen LogP contribution in [-0.4, -0.2) is 86.6 Å². The van der Waals surface area contributed by atoms with E-state index in [0.717, 1.165) is 5.56 Å². The number of nitrogens with two attached hydrogens (primary N) is 1. The number of hydrogen-bond donors (Lipinski definition) is 7. The number of carbonyl (C=O) groups is 5. The molecule has 4 rings (SSSR count). The molecule has 6 atom stereocenters. The molecule has 13 nitrogen and oxygen atoms in total. The minimum atomic E-state index is -1.18. The predicted molar refractivity (Wildman–Crippen MR) is 189 cm³/mol.